The fourth-order valence-corrected chi connectivity index (χ4v) is 1.19. The standard InChI is InChI=1S/C9H20ClNO/c1-4-9(7-10)11-5-6-12-8(2)3/h8-9,11H,4-7H2,1-3H3. The maximum Gasteiger partial charge on any atom is 0.0594 e. The zero-order chi connectivity index (χ0) is 9.40. The summed E-state index contributed by atoms with van der Waals surface area (Å²) in [4.78, 5) is 0. The molecule has 0 aromatic carbocycles. The molecule has 74 valence electrons. The number of alkyl halides is 1. The van der Waals surface area contributed by atoms with Crippen molar-refractivity contribution in [1.82, 2.24) is 5.32 Å². The third-order valence-corrected chi connectivity index (χ3v) is 2.04. The second-order valence-corrected chi connectivity index (χ2v) is 3.44. The van der Waals surface area contributed by atoms with Crippen molar-refractivity contribution < 1.29 is 4.74 Å². The molecule has 0 spiro atoms. The minimum Gasteiger partial charge on any atom is -0.377 e. The Morgan fingerprint density at radius 3 is 2.50 bits per heavy atom. The highest BCUT2D eigenvalue weighted by atomic mass is 35.5. The predicted molar refractivity (Wildman–Crippen MR) is 53.9 cm³/mol. The van der Waals surface area contributed by atoms with E-state index in [1.807, 2.05) is 13.8 Å². The number of hydrogen-bond donors (Lipinski definition) is 1. The van der Waals surface area contributed by atoms with Crippen molar-refractivity contribution in [1.29, 1.82) is 0 Å². The summed E-state index contributed by atoms with van der Waals surface area (Å²) < 4.78 is 5.38. The summed E-state index contributed by atoms with van der Waals surface area (Å²) in [7, 11) is 0. The lowest BCUT2D eigenvalue weighted by molar-refractivity contribution is 0.0796. The number of rotatable bonds is 7. The molecule has 0 fully saturated rings. The molecule has 0 saturated heterocycles. The summed E-state index contributed by atoms with van der Waals surface area (Å²) in [5.41, 5.74) is 0. The Morgan fingerprint density at radius 2 is 2.08 bits per heavy atom. The Balaban J connectivity index is 3.17. The summed E-state index contributed by atoms with van der Waals surface area (Å²) in [6.45, 7) is 7.87. The summed E-state index contributed by atoms with van der Waals surface area (Å²) in [6, 6.07) is 0.433. The zero-order valence-electron chi connectivity index (χ0n) is 8.27. The van der Waals surface area contributed by atoms with E-state index in [2.05, 4.69) is 12.2 Å². The Bertz CT molecular complexity index is 94.5. The topological polar surface area (TPSA) is 21.3 Å². The van der Waals surface area contributed by atoms with Crippen LogP contribution < -0.4 is 5.32 Å². The Morgan fingerprint density at radius 1 is 1.42 bits per heavy atom. The van der Waals surface area contributed by atoms with Gasteiger partial charge in [0.25, 0.3) is 0 Å². The molecule has 0 radical (unpaired) electrons. The van der Waals surface area contributed by atoms with E-state index in [1.54, 1.807) is 0 Å². The lowest BCUT2D eigenvalue weighted by Gasteiger charge is -2.14. The summed E-state index contributed by atoms with van der Waals surface area (Å²) >= 11 is 5.71. The van der Waals surface area contributed by atoms with Gasteiger partial charge < -0.3 is 10.1 Å². The summed E-state index contributed by atoms with van der Waals surface area (Å²) in [5.74, 6) is 0.679. The van der Waals surface area contributed by atoms with Gasteiger partial charge in [0.2, 0.25) is 0 Å². The van der Waals surface area contributed by atoms with E-state index in [0.717, 1.165) is 19.6 Å². The number of ether oxygens (including phenoxy) is 1. The molecule has 0 aliphatic heterocycles. The highest BCUT2D eigenvalue weighted by molar-refractivity contribution is 6.18. The van der Waals surface area contributed by atoms with Crippen LogP contribution in [-0.4, -0.2) is 31.2 Å². The molecule has 0 rings (SSSR count). The molecule has 0 aromatic heterocycles. The van der Waals surface area contributed by atoms with Crippen molar-refractivity contribution in [3.8, 4) is 0 Å². The molecule has 0 aliphatic carbocycles. The summed E-state index contributed by atoms with van der Waals surface area (Å²) in [6.07, 6.45) is 1.40. The fourth-order valence-electron chi connectivity index (χ4n) is 0.866. The zero-order valence-corrected chi connectivity index (χ0v) is 9.03. The third kappa shape index (κ3) is 6.89. The van der Waals surface area contributed by atoms with Crippen molar-refractivity contribution >= 4 is 11.6 Å². The molecule has 0 aromatic rings. The number of halogens is 1. The van der Waals surface area contributed by atoms with Crippen LogP contribution in [-0.2, 0) is 4.74 Å². The Kier molecular flexibility index (Phi) is 7.98. The first-order valence-corrected chi connectivity index (χ1v) is 5.15. The molecule has 0 heterocycles. The molecule has 1 atom stereocenters. The molecule has 3 heteroatoms. The van der Waals surface area contributed by atoms with Crippen LogP contribution in [0.15, 0.2) is 0 Å². The van der Waals surface area contributed by atoms with E-state index in [0.29, 0.717) is 18.0 Å². The van der Waals surface area contributed by atoms with E-state index >= 15 is 0 Å². The van der Waals surface area contributed by atoms with Crippen LogP contribution in [0.25, 0.3) is 0 Å². The average molecular weight is 194 g/mol. The van der Waals surface area contributed by atoms with Crippen molar-refractivity contribution in [3.05, 3.63) is 0 Å². The maximum absolute atomic E-state index is 5.71. The van der Waals surface area contributed by atoms with Crippen molar-refractivity contribution in [2.24, 2.45) is 0 Å². The average Bonchev–Trinajstić information content (AvgIpc) is 2.04. The highest BCUT2D eigenvalue weighted by Crippen LogP contribution is 1.93. The highest BCUT2D eigenvalue weighted by Gasteiger charge is 2.02. The SMILES string of the molecule is CCC(CCl)NCCOC(C)C. The fraction of sp³-hybridized carbons (Fsp3) is 1.00. The first kappa shape index (κ1) is 12.2. The van der Waals surface area contributed by atoms with Gasteiger partial charge >= 0.3 is 0 Å². The minimum absolute atomic E-state index is 0.322. The molecular weight excluding hydrogens is 174 g/mol. The van der Waals surface area contributed by atoms with E-state index in [4.69, 9.17) is 16.3 Å². The van der Waals surface area contributed by atoms with Gasteiger partial charge in [0.1, 0.15) is 0 Å². The minimum atomic E-state index is 0.322. The largest absolute Gasteiger partial charge is 0.377 e. The van der Waals surface area contributed by atoms with Crippen LogP contribution in [0, 0.1) is 0 Å². The van der Waals surface area contributed by atoms with Gasteiger partial charge in [0, 0.05) is 18.5 Å². The van der Waals surface area contributed by atoms with E-state index in [1.165, 1.54) is 0 Å². The van der Waals surface area contributed by atoms with Gasteiger partial charge in [-0.15, -0.1) is 11.6 Å². The van der Waals surface area contributed by atoms with Crippen molar-refractivity contribution in [3.63, 3.8) is 0 Å². The first-order valence-electron chi connectivity index (χ1n) is 4.61. The lowest BCUT2D eigenvalue weighted by atomic mass is 10.2. The molecule has 12 heavy (non-hydrogen) atoms. The second kappa shape index (κ2) is 7.84. The monoisotopic (exact) mass is 193 g/mol. The van der Waals surface area contributed by atoms with Crippen molar-refractivity contribution in [2.75, 3.05) is 19.0 Å². The van der Waals surface area contributed by atoms with Gasteiger partial charge in [0.15, 0.2) is 0 Å². The molecular formula is C9H20ClNO. The van der Waals surface area contributed by atoms with Gasteiger partial charge in [0.05, 0.1) is 12.7 Å². The summed E-state index contributed by atoms with van der Waals surface area (Å²) in [5, 5.41) is 3.32. The van der Waals surface area contributed by atoms with E-state index < -0.39 is 0 Å². The normalized spacial score (nSPS) is 13.8. The molecule has 0 saturated carbocycles. The molecule has 0 amide bonds. The van der Waals surface area contributed by atoms with Crippen LogP contribution in [0.5, 0.6) is 0 Å². The van der Waals surface area contributed by atoms with Gasteiger partial charge in [-0.05, 0) is 20.3 Å². The Labute approximate surface area is 80.6 Å². The molecule has 1 unspecified atom stereocenters. The van der Waals surface area contributed by atoms with Crippen LogP contribution in [0.1, 0.15) is 27.2 Å². The number of nitrogens with one attached hydrogen (secondary N) is 1. The molecule has 2 nitrogen and oxygen atoms in total. The van der Waals surface area contributed by atoms with Crippen LogP contribution in [0.3, 0.4) is 0 Å². The molecule has 0 bridgehead atoms. The number of hydrogen-bond acceptors (Lipinski definition) is 2. The van der Waals surface area contributed by atoms with Crippen LogP contribution in [0.2, 0.25) is 0 Å². The molecule has 0 aliphatic rings. The van der Waals surface area contributed by atoms with Gasteiger partial charge in [-0.25, -0.2) is 0 Å². The first-order chi connectivity index (χ1) is 5.70. The van der Waals surface area contributed by atoms with Gasteiger partial charge in [-0.2, -0.15) is 0 Å². The van der Waals surface area contributed by atoms with E-state index in [-0.39, 0.29) is 0 Å². The third-order valence-electron chi connectivity index (χ3n) is 1.67. The predicted octanol–water partition coefficient (Wildman–Crippen LogP) is 2.02. The second-order valence-electron chi connectivity index (χ2n) is 3.13. The molecule has 1 N–H and O–H groups in total. The quantitative estimate of drug-likeness (QED) is 0.494. The van der Waals surface area contributed by atoms with E-state index in [9.17, 15) is 0 Å². The smallest absolute Gasteiger partial charge is 0.0594 e. The Hall–Kier alpha value is 0.210. The van der Waals surface area contributed by atoms with Crippen molar-refractivity contribution in [2.45, 2.75) is 39.3 Å². The van der Waals surface area contributed by atoms with Gasteiger partial charge in [-0.3, -0.25) is 0 Å². The maximum atomic E-state index is 5.71. The van der Waals surface area contributed by atoms with Gasteiger partial charge in [-0.1, -0.05) is 6.92 Å². The lowest BCUT2D eigenvalue weighted by Crippen LogP contribution is -2.33. The van der Waals surface area contributed by atoms with Crippen LogP contribution >= 0.6 is 11.6 Å². The van der Waals surface area contributed by atoms with Crippen LogP contribution in [0.4, 0.5) is 0 Å².